The molecule has 1 amide bonds. The van der Waals surface area contributed by atoms with Crippen molar-refractivity contribution in [1.82, 2.24) is 19.7 Å². The zero-order chi connectivity index (χ0) is 17.4. The molecule has 1 unspecified atom stereocenters. The molecule has 1 atom stereocenters. The molecule has 1 aliphatic heterocycles. The Bertz CT molecular complexity index is 570. The molecule has 1 saturated heterocycles. The highest BCUT2D eigenvalue weighted by molar-refractivity contribution is 5.68. The summed E-state index contributed by atoms with van der Waals surface area (Å²) in [6.07, 6.45) is 0.390. The van der Waals surface area contributed by atoms with Crippen molar-refractivity contribution in [2.75, 3.05) is 13.1 Å². The maximum Gasteiger partial charge on any atom is 0.410 e. The van der Waals surface area contributed by atoms with Crippen LogP contribution in [0.5, 0.6) is 0 Å². The topological polar surface area (TPSA) is 106 Å². The lowest BCUT2D eigenvalue weighted by Crippen LogP contribution is -2.53. The summed E-state index contributed by atoms with van der Waals surface area (Å²) in [7, 11) is 1.82. The summed E-state index contributed by atoms with van der Waals surface area (Å²) in [6.45, 7) is 8.12. The Morgan fingerprint density at radius 1 is 1.35 bits per heavy atom. The van der Waals surface area contributed by atoms with E-state index >= 15 is 0 Å². The van der Waals surface area contributed by atoms with Gasteiger partial charge in [-0.2, -0.15) is 0 Å². The maximum absolute atomic E-state index is 12.1. The molecule has 2 heterocycles. The van der Waals surface area contributed by atoms with E-state index in [9.17, 15) is 9.90 Å². The first kappa shape index (κ1) is 17.7. The van der Waals surface area contributed by atoms with Crippen LogP contribution in [-0.4, -0.2) is 55.2 Å². The Kier molecular flexibility index (Phi) is 4.68. The number of rotatable bonds is 2. The molecular weight excluding hydrogens is 298 g/mol. The Labute approximate surface area is 136 Å². The van der Waals surface area contributed by atoms with E-state index in [1.165, 1.54) is 0 Å². The van der Waals surface area contributed by atoms with Crippen molar-refractivity contribution < 1.29 is 14.6 Å². The maximum atomic E-state index is 12.1. The molecule has 1 aromatic rings. The third-order valence-corrected chi connectivity index (χ3v) is 4.26. The van der Waals surface area contributed by atoms with Crippen molar-refractivity contribution in [3.63, 3.8) is 0 Å². The van der Waals surface area contributed by atoms with Gasteiger partial charge in [0.15, 0.2) is 5.82 Å². The molecule has 8 nitrogen and oxygen atoms in total. The molecule has 0 bridgehead atoms. The van der Waals surface area contributed by atoms with Gasteiger partial charge in [-0.15, -0.1) is 10.2 Å². The Hall–Kier alpha value is -1.67. The summed E-state index contributed by atoms with van der Waals surface area (Å²) < 4.78 is 7.14. The second-order valence-electron chi connectivity index (χ2n) is 7.21. The van der Waals surface area contributed by atoms with Crippen LogP contribution < -0.4 is 5.73 Å². The van der Waals surface area contributed by atoms with Gasteiger partial charge in [-0.05, 0) is 40.5 Å². The van der Waals surface area contributed by atoms with Crippen LogP contribution in [0.1, 0.15) is 51.3 Å². The average molecular weight is 325 g/mol. The highest BCUT2D eigenvalue weighted by Gasteiger charge is 2.42. The number of hydrogen-bond donors (Lipinski definition) is 2. The van der Waals surface area contributed by atoms with E-state index in [-0.39, 0.29) is 6.09 Å². The second kappa shape index (κ2) is 6.09. The van der Waals surface area contributed by atoms with Crippen LogP contribution in [0.2, 0.25) is 0 Å². The van der Waals surface area contributed by atoms with Crippen molar-refractivity contribution in [3.05, 3.63) is 11.6 Å². The van der Waals surface area contributed by atoms with Crippen LogP contribution in [0.4, 0.5) is 4.79 Å². The average Bonchev–Trinajstić information content (AvgIpc) is 2.77. The molecule has 0 aromatic carbocycles. The highest BCUT2D eigenvalue weighted by atomic mass is 16.6. The van der Waals surface area contributed by atoms with Gasteiger partial charge in [-0.3, -0.25) is 0 Å². The SMILES string of the molecule is Cc1nnc(C(N)C2(O)CCN(C(=O)OC(C)(C)C)CC2)n1C. The molecule has 8 heteroatoms. The molecule has 0 aliphatic carbocycles. The highest BCUT2D eigenvalue weighted by Crippen LogP contribution is 2.33. The van der Waals surface area contributed by atoms with Crippen LogP contribution in [-0.2, 0) is 11.8 Å². The molecule has 0 saturated carbocycles. The van der Waals surface area contributed by atoms with E-state index in [0.29, 0.717) is 31.8 Å². The van der Waals surface area contributed by atoms with Crippen LogP contribution in [0.3, 0.4) is 0 Å². The van der Waals surface area contributed by atoms with Gasteiger partial charge < -0.3 is 25.0 Å². The number of nitrogens with zero attached hydrogens (tertiary/aromatic N) is 4. The van der Waals surface area contributed by atoms with Gasteiger partial charge in [-0.1, -0.05) is 0 Å². The summed E-state index contributed by atoms with van der Waals surface area (Å²) in [5.41, 5.74) is 4.60. The molecule has 3 N–H and O–H groups in total. The quantitative estimate of drug-likeness (QED) is 0.836. The minimum atomic E-state index is -1.11. The third-order valence-electron chi connectivity index (χ3n) is 4.26. The lowest BCUT2D eigenvalue weighted by Gasteiger charge is -2.41. The fraction of sp³-hybridized carbons (Fsp3) is 0.800. The zero-order valence-electron chi connectivity index (χ0n) is 14.5. The van der Waals surface area contributed by atoms with Crippen molar-refractivity contribution in [2.24, 2.45) is 12.8 Å². The summed E-state index contributed by atoms with van der Waals surface area (Å²) >= 11 is 0. The number of ether oxygens (including phenoxy) is 1. The standard InChI is InChI=1S/C15H27N5O3/c1-10-17-18-12(19(10)5)11(16)15(22)6-8-20(9-7-15)13(21)23-14(2,3)4/h11,22H,6-9,16H2,1-5H3. The largest absolute Gasteiger partial charge is 0.444 e. The first-order chi connectivity index (χ1) is 10.5. The van der Waals surface area contributed by atoms with Crippen LogP contribution in [0.15, 0.2) is 0 Å². The normalized spacial score (nSPS) is 19.5. The number of aliphatic hydroxyl groups is 1. The third kappa shape index (κ3) is 3.81. The number of carbonyl (C=O) groups excluding carboxylic acids is 1. The minimum absolute atomic E-state index is 0.359. The Balaban J connectivity index is 2.02. The van der Waals surface area contributed by atoms with E-state index < -0.39 is 17.2 Å². The van der Waals surface area contributed by atoms with E-state index in [2.05, 4.69) is 10.2 Å². The van der Waals surface area contributed by atoms with Crippen molar-refractivity contribution >= 4 is 6.09 Å². The van der Waals surface area contributed by atoms with Gasteiger partial charge in [0.1, 0.15) is 11.4 Å². The molecular formula is C15H27N5O3. The van der Waals surface area contributed by atoms with Crippen molar-refractivity contribution in [3.8, 4) is 0 Å². The lowest BCUT2D eigenvalue weighted by atomic mass is 9.84. The predicted molar refractivity (Wildman–Crippen MR) is 84.7 cm³/mol. The van der Waals surface area contributed by atoms with Gasteiger partial charge in [-0.25, -0.2) is 4.79 Å². The summed E-state index contributed by atoms with van der Waals surface area (Å²) in [4.78, 5) is 13.7. The van der Waals surface area contributed by atoms with E-state index in [1.54, 1.807) is 9.47 Å². The van der Waals surface area contributed by atoms with Crippen molar-refractivity contribution in [1.29, 1.82) is 0 Å². The number of amides is 1. The monoisotopic (exact) mass is 325 g/mol. The van der Waals surface area contributed by atoms with Gasteiger partial charge in [0.2, 0.25) is 0 Å². The van der Waals surface area contributed by atoms with Crippen LogP contribution >= 0.6 is 0 Å². The van der Waals surface area contributed by atoms with E-state index in [0.717, 1.165) is 5.82 Å². The molecule has 1 aliphatic rings. The molecule has 23 heavy (non-hydrogen) atoms. The summed E-state index contributed by atoms with van der Waals surface area (Å²) in [5, 5.41) is 18.9. The van der Waals surface area contributed by atoms with Crippen LogP contribution in [0.25, 0.3) is 0 Å². The van der Waals surface area contributed by atoms with Gasteiger partial charge in [0.05, 0.1) is 11.6 Å². The summed E-state index contributed by atoms with van der Waals surface area (Å²) in [6, 6.07) is -0.644. The number of hydrogen-bond acceptors (Lipinski definition) is 6. The summed E-state index contributed by atoms with van der Waals surface area (Å²) in [5.74, 6) is 1.29. The molecule has 0 spiro atoms. The number of aryl methyl sites for hydroxylation is 1. The predicted octanol–water partition coefficient (Wildman–Crippen LogP) is 0.885. The van der Waals surface area contributed by atoms with Crippen LogP contribution in [0, 0.1) is 6.92 Å². The van der Waals surface area contributed by atoms with Gasteiger partial charge >= 0.3 is 6.09 Å². The number of nitrogens with two attached hydrogens (primary N) is 1. The van der Waals surface area contributed by atoms with Crippen molar-refractivity contribution in [2.45, 2.75) is 57.8 Å². The molecule has 0 radical (unpaired) electrons. The Morgan fingerprint density at radius 3 is 2.35 bits per heavy atom. The first-order valence-electron chi connectivity index (χ1n) is 7.85. The number of aromatic nitrogens is 3. The fourth-order valence-electron chi connectivity index (χ4n) is 2.65. The number of likely N-dealkylation sites (tertiary alicyclic amines) is 1. The van der Waals surface area contributed by atoms with Gasteiger partial charge in [0.25, 0.3) is 0 Å². The molecule has 130 valence electrons. The molecule has 1 aromatic heterocycles. The fourth-order valence-corrected chi connectivity index (χ4v) is 2.65. The number of piperidine rings is 1. The van der Waals surface area contributed by atoms with Gasteiger partial charge in [0, 0.05) is 20.1 Å². The smallest absolute Gasteiger partial charge is 0.410 e. The Morgan fingerprint density at radius 2 is 1.91 bits per heavy atom. The van der Waals surface area contributed by atoms with E-state index in [4.69, 9.17) is 10.5 Å². The minimum Gasteiger partial charge on any atom is -0.444 e. The zero-order valence-corrected chi connectivity index (χ0v) is 14.5. The second-order valence-corrected chi connectivity index (χ2v) is 7.21. The lowest BCUT2D eigenvalue weighted by molar-refractivity contribution is -0.0496. The molecule has 2 rings (SSSR count). The van der Waals surface area contributed by atoms with E-state index in [1.807, 2.05) is 34.7 Å². The first-order valence-corrected chi connectivity index (χ1v) is 7.85. The number of carbonyl (C=O) groups is 1. The molecule has 1 fully saturated rings.